The minimum Gasteiger partial charge on any atom is -0.465 e. The van der Waals surface area contributed by atoms with E-state index >= 15 is 0 Å². The molecule has 2 heterocycles. The van der Waals surface area contributed by atoms with E-state index in [2.05, 4.69) is 9.97 Å². The summed E-state index contributed by atoms with van der Waals surface area (Å²) in [4.78, 5) is 21.3. The summed E-state index contributed by atoms with van der Waals surface area (Å²) in [5.41, 5.74) is 8.94. The molecule has 23 heavy (non-hydrogen) atoms. The lowest BCUT2D eigenvalue weighted by Crippen LogP contribution is -2.09. The molecular formula is C16H18N4O3. The van der Waals surface area contributed by atoms with Crippen molar-refractivity contribution in [2.75, 3.05) is 26.6 Å². The Balaban J connectivity index is 2.25. The standard InChI is InChI=1S/C16H18N4O3/c1-22-9-5-8-20-14(17)12(16(21)23-2)13-15(20)19-11-7-4-3-6-10(11)18-13/h3-4,6-7H,5,8-9,17H2,1-2H3. The number of nitrogens with zero attached hydrogens (tertiary/aromatic N) is 3. The fourth-order valence-electron chi connectivity index (χ4n) is 2.61. The van der Waals surface area contributed by atoms with Crippen LogP contribution in [-0.2, 0) is 16.0 Å². The van der Waals surface area contributed by atoms with Crippen LogP contribution in [0.2, 0.25) is 0 Å². The highest BCUT2D eigenvalue weighted by molar-refractivity contribution is 6.08. The molecule has 7 nitrogen and oxygen atoms in total. The maximum Gasteiger partial charge on any atom is 0.343 e. The first-order valence-corrected chi connectivity index (χ1v) is 7.29. The van der Waals surface area contributed by atoms with Gasteiger partial charge in [-0.3, -0.25) is 0 Å². The Kier molecular flexibility index (Phi) is 4.12. The van der Waals surface area contributed by atoms with E-state index in [1.165, 1.54) is 7.11 Å². The van der Waals surface area contributed by atoms with E-state index in [9.17, 15) is 4.79 Å². The summed E-state index contributed by atoms with van der Waals surface area (Å²) < 4.78 is 11.7. The van der Waals surface area contributed by atoms with Gasteiger partial charge < -0.3 is 19.8 Å². The fraction of sp³-hybridized carbons (Fsp3) is 0.312. The van der Waals surface area contributed by atoms with E-state index in [0.29, 0.717) is 35.7 Å². The number of hydrogen-bond donors (Lipinski definition) is 1. The summed E-state index contributed by atoms with van der Waals surface area (Å²) in [5, 5.41) is 0. The number of carbonyl (C=O) groups excluding carboxylic acids is 1. The molecule has 0 atom stereocenters. The number of aryl methyl sites for hydroxylation is 1. The van der Waals surface area contributed by atoms with E-state index in [4.69, 9.17) is 15.2 Å². The largest absolute Gasteiger partial charge is 0.465 e. The van der Waals surface area contributed by atoms with Crippen LogP contribution < -0.4 is 5.73 Å². The number of hydrogen-bond acceptors (Lipinski definition) is 6. The van der Waals surface area contributed by atoms with E-state index in [-0.39, 0.29) is 5.56 Å². The van der Waals surface area contributed by atoms with Crippen LogP contribution in [0.1, 0.15) is 16.8 Å². The number of esters is 1. The van der Waals surface area contributed by atoms with E-state index in [1.807, 2.05) is 24.3 Å². The molecule has 0 spiro atoms. The van der Waals surface area contributed by atoms with Crippen LogP contribution in [0, 0.1) is 0 Å². The van der Waals surface area contributed by atoms with Crippen molar-refractivity contribution in [3.05, 3.63) is 29.8 Å². The third-order valence-corrected chi connectivity index (χ3v) is 3.71. The third-order valence-electron chi connectivity index (χ3n) is 3.71. The van der Waals surface area contributed by atoms with Gasteiger partial charge in [-0.2, -0.15) is 0 Å². The second kappa shape index (κ2) is 6.21. The molecule has 3 rings (SSSR count). The average molecular weight is 314 g/mol. The van der Waals surface area contributed by atoms with Gasteiger partial charge in [0.1, 0.15) is 16.9 Å². The number of fused-ring (bicyclic) bond motifs is 2. The van der Waals surface area contributed by atoms with Gasteiger partial charge in [-0.1, -0.05) is 12.1 Å². The molecule has 0 aliphatic rings. The summed E-state index contributed by atoms with van der Waals surface area (Å²) in [6, 6.07) is 7.49. The Morgan fingerprint density at radius 3 is 2.57 bits per heavy atom. The molecule has 2 N–H and O–H groups in total. The predicted octanol–water partition coefficient (Wildman–Crippen LogP) is 1.99. The van der Waals surface area contributed by atoms with Gasteiger partial charge >= 0.3 is 5.97 Å². The number of benzene rings is 1. The highest BCUT2D eigenvalue weighted by Gasteiger charge is 2.24. The Morgan fingerprint density at radius 2 is 1.91 bits per heavy atom. The van der Waals surface area contributed by atoms with Crippen LogP contribution in [0.15, 0.2) is 24.3 Å². The van der Waals surface area contributed by atoms with Crippen molar-refractivity contribution < 1.29 is 14.3 Å². The summed E-state index contributed by atoms with van der Waals surface area (Å²) in [6.45, 7) is 1.17. The van der Waals surface area contributed by atoms with Crippen molar-refractivity contribution in [3.8, 4) is 0 Å². The molecular weight excluding hydrogens is 296 g/mol. The first-order chi connectivity index (χ1) is 11.2. The van der Waals surface area contributed by atoms with Gasteiger partial charge in [0.15, 0.2) is 5.65 Å². The number of para-hydroxylation sites is 2. The molecule has 1 aromatic carbocycles. The molecule has 0 bridgehead atoms. The second-order valence-corrected chi connectivity index (χ2v) is 5.13. The van der Waals surface area contributed by atoms with Crippen molar-refractivity contribution in [1.82, 2.24) is 14.5 Å². The maximum atomic E-state index is 12.1. The molecule has 2 aromatic heterocycles. The monoisotopic (exact) mass is 314 g/mol. The van der Waals surface area contributed by atoms with Gasteiger partial charge in [-0.25, -0.2) is 14.8 Å². The van der Waals surface area contributed by atoms with E-state index in [1.54, 1.807) is 11.7 Å². The number of aromatic nitrogens is 3. The highest BCUT2D eigenvalue weighted by atomic mass is 16.5. The topological polar surface area (TPSA) is 92.3 Å². The second-order valence-electron chi connectivity index (χ2n) is 5.13. The number of anilines is 1. The van der Waals surface area contributed by atoms with Crippen molar-refractivity contribution >= 4 is 34.0 Å². The Bertz CT molecular complexity index is 873. The molecule has 0 saturated carbocycles. The van der Waals surface area contributed by atoms with Gasteiger partial charge in [-0.05, 0) is 18.6 Å². The summed E-state index contributed by atoms with van der Waals surface area (Å²) in [5.74, 6) is -0.194. The lowest BCUT2D eigenvalue weighted by molar-refractivity contribution is 0.0604. The molecule has 0 aliphatic heterocycles. The van der Waals surface area contributed by atoms with Gasteiger partial charge in [0.25, 0.3) is 0 Å². The Hall–Kier alpha value is -2.67. The average Bonchev–Trinajstić information content (AvgIpc) is 2.84. The number of methoxy groups -OCH3 is 2. The number of ether oxygens (including phenoxy) is 2. The van der Waals surface area contributed by atoms with E-state index in [0.717, 1.165) is 11.9 Å². The van der Waals surface area contributed by atoms with Crippen LogP contribution in [-0.4, -0.2) is 41.3 Å². The first kappa shape index (κ1) is 15.2. The number of rotatable bonds is 5. The highest BCUT2D eigenvalue weighted by Crippen LogP contribution is 2.28. The van der Waals surface area contributed by atoms with Gasteiger partial charge in [0, 0.05) is 20.3 Å². The SMILES string of the molecule is COCCCn1c(N)c(C(=O)OC)c2nc3ccccc3nc21. The normalized spacial score (nSPS) is 11.2. The quantitative estimate of drug-likeness (QED) is 0.572. The predicted molar refractivity (Wildman–Crippen MR) is 87.3 cm³/mol. The summed E-state index contributed by atoms with van der Waals surface area (Å²) in [7, 11) is 2.97. The van der Waals surface area contributed by atoms with Gasteiger partial charge in [0.05, 0.1) is 18.1 Å². The van der Waals surface area contributed by atoms with Crippen molar-refractivity contribution in [3.63, 3.8) is 0 Å². The molecule has 0 amide bonds. The van der Waals surface area contributed by atoms with Crippen LogP contribution in [0.3, 0.4) is 0 Å². The lowest BCUT2D eigenvalue weighted by Gasteiger charge is -2.07. The van der Waals surface area contributed by atoms with Gasteiger partial charge in [-0.15, -0.1) is 0 Å². The minimum absolute atomic E-state index is 0.262. The molecule has 0 radical (unpaired) electrons. The number of nitrogen functional groups attached to an aromatic ring is 1. The maximum absolute atomic E-state index is 12.1. The third kappa shape index (κ3) is 2.59. The van der Waals surface area contributed by atoms with Gasteiger partial charge in [0.2, 0.25) is 0 Å². The summed E-state index contributed by atoms with van der Waals surface area (Å²) >= 11 is 0. The van der Waals surface area contributed by atoms with Crippen molar-refractivity contribution in [2.24, 2.45) is 0 Å². The van der Waals surface area contributed by atoms with Crippen LogP contribution >= 0.6 is 0 Å². The van der Waals surface area contributed by atoms with E-state index < -0.39 is 5.97 Å². The minimum atomic E-state index is -0.512. The lowest BCUT2D eigenvalue weighted by atomic mass is 10.2. The molecule has 0 fully saturated rings. The molecule has 7 heteroatoms. The van der Waals surface area contributed by atoms with Crippen LogP contribution in [0.5, 0.6) is 0 Å². The molecule has 0 unspecified atom stereocenters. The van der Waals surface area contributed by atoms with Crippen LogP contribution in [0.4, 0.5) is 5.82 Å². The molecule has 0 aliphatic carbocycles. The van der Waals surface area contributed by atoms with Crippen molar-refractivity contribution in [2.45, 2.75) is 13.0 Å². The Labute approximate surface area is 133 Å². The Morgan fingerprint density at radius 1 is 1.22 bits per heavy atom. The zero-order valence-electron chi connectivity index (χ0n) is 13.1. The fourth-order valence-corrected chi connectivity index (χ4v) is 2.61. The number of carbonyl (C=O) groups is 1. The van der Waals surface area contributed by atoms with Crippen LogP contribution in [0.25, 0.3) is 22.2 Å². The number of nitrogens with two attached hydrogens (primary N) is 1. The summed E-state index contributed by atoms with van der Waals surface area (Å²) in [6.07, 6.45) is 0.750. The smallest absolute Gasteiger partial charge is 0.343 e. The zero-order chi connectivity index (χ0) is 16.4. The molecule has 3 aromatic rings. The molecule has 0 saturated heterocycles. The zero-order valence-corrected chi connectivity index (χ0v) is 13.1. The first-order valence-electron chi connectivity index (χ1n) is 7.29. The molecule has 120 valence electrons. The van der Waals surface area contributed by atoms with Crippen molar-refractivity contribution in [1.29, 1.82) is 0 Å².